The molecule has 3 rings (SSSR count). The van der Waals surface area contributed by atoms with E-state index < -0.39 is 0 Å². The van der Waals surface area contributed by atoms with Crippen LogP contribution in [0.3, 0.4) is 0 Å². The van der Waals surface area contributed by atoms with Gasteiger partial charge in [0.25, 0.3) is 5.91 Å². The number of anilines is 1. The van der Waals surface area contributed by atoms with Crippen LogP contribution in [0.2, 0.25) is 0 Å². The number of aromatic nitrogens is 1. The van der Waals surface area contributed by atoms with Crippen LogP contribution in [0, 0.1) is 0 Å². The maximum Gasteiger partial charge on any atom is 0.266 e. The number of aromatic hydroxyl groups is 2. The SMILES string of the molecule is O=C(CCCCCN1C(=O)/C(=C/c2ccc(O)cc2O)SC1=S)Nc1nccs1. The smallest absolute Gasteiger partial charge is 0.266 e. The Morgan fingerprint density at radius 3 is 2.83 bits per heavy atom. The molecule has 10 heteroatoms. The largest absolute Gasteiger partial charge is 0.508 e. The van der Waals surface area contributed by atoms with Crippen molar-refractivity contribution in [2.45, 2.75) is 25.7 Å². The number of nitrogens with zero attached hydrogens (tertiary/aromatic N) is 2. The molecule has 29 heavy (non-hydrogen) atoms. The Bertz CT molecular complexity index is 944. The Hall–Kier alpha value is -2.43. The normalized spacial score (nSPS) is 15.3. The molecule has 0 aliphatic carbocycles. The summed E-state index contributed by atoms with van der Waals surface area (Å²) in [7, 11) is 0. The molecule has 0 unspecified atom stereocenters. The van der Waals surface area contributed by atoms with Gasteiger partial charge in [0.1, 0.15) is 15.8 Å². The number of thioether (sulfide) groups is 1. The molecule has 0 atom stereocenters. The summed E-state index contributed by atoms with van der Waals surface area (Å²) in [6.07, 6.45) is 5.84. The first-order chi connectivity index (χ1) is 13.9. The molecule has 2 heterocycles. The van der Waals surface area contributed by atoms with Gasteiger partial charge < -0.3 is 15.5 Å². The van der Waals surface area contributed by atoms with Crippen LogP contribution >= 0.6 is 35.3 Å². The Kier molecular flexibility index (Phi) is 7.24. The summed E-state index contributed by atoms with van der Waals surface area (Å²) in [4.78, 5) is 30.4. The lowest BCUT2D eigenvalue weighted by molar-refractivity contribution is -0.122. The quantitative estimate of drug-likeness (QED) is 0.318. The predicted octanol–water partition coefficient (Wildman–Crippen LogP) is 3.95. The highest BCUT2D eigenvalue weighted by Crippen LogP contribution is 2.35. The Morgan fingerprint density at radius 1 is 1.28 bits per heavy atom. The number of amides is 2. The predicted molar refractivity (Wildman–Crippen MR) is 119 cm³/mol. The van der Waals surface area contributed by atoms with Gasteiger partial charge in [-0.25, -0.2) is 4.98 Å². The summed E-state index contributed by atoms with van der Waals surface area (Å²) in [5.74, 6) is -0.421. The second-order valence-corrected chi connectivity index (χ2v) is 8.84. The Morgan fingerprint density at radius 2 is 2.10 bits per heavy atom. The van der Waals surface area contributed by atoms with Crippen LogP contribution in [-0.4, -0.2) is 42.8 Å². The van der Waals surface area contributed by atoms with Crippen LogP contribution in [0.5, 0.6) is 11.5 Å². The number of benzene rings is 1. The molecular formula is C19H19N3O4S3. The van der Waals surface area contributed by atoms with Crippen molar-refractivity contribution < 1.29 is 19.8 Å². The van der Waals surface area contributed by atoms with Gasteiger partial charge in [-0.05, 0) is 31.1 Å². The lowest BCUT2D eigenvalue weighted by Crippen LogP contribution is -2.29. The summed E-state index contributed by atoms with van der Waals surface area (Å²) in [5.41, 5.74) is 0.439. The van der Waals surface area contributed by atoms with Crippen molar-refractivity contribution in [3.05, 3.63) is 40.2 Å². The standard InChI is InChI=1S/C19H19N3O4S3/c23-13-6-5-12(14(24)11-13)10-15-17(26)22(19(27)29-15)8-3-1-2-4-16(25)21-18-20-7-9-28-18/h5-7,9-11,23-24H,1-4,8H2,(H,20,21,25)/b15-10-. The third kappa shape index (κ3) is 5.78. The van der Waals surface area contributed by atoms with E-state index in [1.807, 2.05) is 0 Å². The first-order valence-electron chi connectivity index (χ1n) is 8.91. The highest BCUT2D eigenvalue weighted by Gasteiger charge is 2.31. The van der Waals surface area contributed by atoms with Crippen LogP contribution < -0.4 is 5.32 Å². The summed E-state index contributed by atoms with van der Waals surface area (Å²) in [6, 6.07) is 4.20. The Balaban J connectivity index is 1.45. The number of carbonyl (C=O) groups is 2. The number of nitrogens with one attached hydrogen (secondary N) is 1. The molecule has 1 aliphatic heterocycles. The number of thiocarbonyl (C=S) groups is 1. The van der Waals surface area contributed by atoms with E-state index in [0.29, 0.717) is 39.3 Å². The highest BCUT2D eigenvalue weighted by molar-refractivity contribution is 8.26. The van der Waals surface area contributed by atoms with E-state index in [0.717, 1.165) is 12.8 Å². The maximum absolute atomic E-state index is 12.6. The van der Waals surface area contributed by atoms with Crippen molar-refractivity contribution in [3.63, 3.8) is 0 Å². The van der Waals surface area contributed by atoms with Crippen LogP contribution in [0.15, 0.2) is 34.7 Å². The van der Waals surface area contributed by atoms with Crippen LogP contribution in [-0.2, 0) is 9.59 Å². The number of thiazole rings is 1. The van der Waals surface area contributed by atoms with Crippen LogP contribution in [0.1, 0.15) is 31.2 Å². The van der Waals surface area contributed by atoms with E-state index in [-0.39, 0.29) is 23.3 Å². The zero-order valence-corrected chi connectivity index (χ0v) is 17.8. The van der Waals surface area contributed by atoms with E-state index in [4.69, 9.17) is 12.2 Å². The van der Waals surface area contributed by atoms with Gasteiger partial charge in [0.05, 0.1) is 4.91 Å². The van der Waals surface area contributed by atoms with E-state index in [9.17, 15) is 19.8 Å². The fraction of sp³-hybridized carbons (Fsp3) is 0.263. The zero-order chi connectivity index (χ0) is 20.8. The molecule has 1 aliphatic rings. The van der Waals surface area contributed by atoms with Gasteiger partial charge >= 0.3 is 0 Å². The summed E-state index contributed by atoms with van der Waals surface area (Å²) in [5, 5.41) is 24.4. The molecule has 0 saturated carbocycles. The van der Waals surface area contributed by atoms with Gasteiger partial charge in [-0.2, -0.15) is 0 Å². The highest BCUT2D eigenvalue weighted by atomic mass is 32.2. The molecule has 0 spiro atoms. The second-order valence-electron chi connectivity index (χ2n) is 6.27. The molecule has 0 radical (unpaired) electrons. The molecule has 1 saturated heterocycles. The molecule has 7 nitrogen and oxygen atoms in total. The number of hydrogen-bond acceptors (Lipinski definition) is 8. The van der Waals surface area contributed by atoms with Gasteiger partial charge in [-0.3, -0.25) is 14.5 Å². The van der Waals surface area contributed by atoms with E-state index in [1.54, 1.807) is 22.6 Å². The van der Waals surface area contributed by atoms with Gasteiger partial charge in [-0.15, -0.1) is 11.3 Å². The third-order valence-electron chi connectivity index (χ3n) is 4.14. The monoisotopic (exact) mass is 449 g/mol. The van der Waals surface area contributed by atoms with Crippen molar-refractivity contribution in [1.29, 1.82) is 0 Å². The van der Waals surface area contributed by atoms with Gasteiger partial charge in [0, 0.05) is 36.2 Å². The summed E-state index contributed by atoms with van der Waals surface area (Å²) < 4.78 is 0.473. The van der Waals surface area contributed by atoms with Gasteiger partial charge in [0.15, 0.2) is 5.13 Å². The fourth-order valence-corrected chi connectivity index (χ4v) is 4.53. The minimum atomic E-state index is -0.200. The van der Waals surface area contributed by atoms with Crippen molar-refractivity contribution >= 4 is 62.7 Å². The lowest BCUT2D eigenvalue weighted by atomic mass is 10.1. The van der Waals surface area contributed by atoms with E-state index in [1.165, 1.54) is 41.3 Å². The number of unbranched alkanes of at least 4 members (excludes halogenated alkanes) is 2. The number of rotatable bonds is 8. The minimum absolute atomic E-state index is 0.0486. The van der Waals surface area contributed by atoms with Gasteiger partial charge in [-0.1, -0.05) is 30.4 Å². The lowest BCUT2D eigenvalue weighted by Gasteiger charge is -2.14. The molecule has 0 bridgehead atoms. The molecular weight excluding hydrogens is 430 g/mol. The van der Waals surface area contributed by atoms with Crippen LogP contribution in [0.25, 0.3) is 6.08 Å². The average Bonchev–Trinajstić information content (AvgIpc) is 3.26. The summed E-state index contributed by atoms with van der Waals surface area (Å²) in [6.45, 7) is 0.484. The summed E-state index contributed by atoms with van der Waals surface area (Å²) >= 11 is 7.87. The minimum Gasteiger partial charge on any atom is -0.508 e. The van der Waals surface area contributed by atoms with E-state index >= 15 is 0 Å². The van der Waals surface area contributed by atoms with Crippen LogP contribution in [0.4, 0.5) is 5.13 Å². The van der Waals surface area contributed by atoms with Crippen molar-refractivity contribution in [1.82, 2.24) is 9.88 Å². The second kappa shape index (κ2) is 9.86. The number of phenols is 2. The topological polar surface area (TPSA) is 103 Å². The van der Waals surface area contributed by atoms with E-state index in [2.05, 4.69) is 10.3 Å². The zero-order valence-electron chi connectivity index (χ0n) is 15.3. The van der Waals surface area contributed by atoms with Crippen molar-refractivity contribution in [3.8, 4) is 11.5 Å². The van der Waals surface area contributed by atoms with Crippen molar-refractivity contribution in [2.24, 2.45) is 0 Å². The third-order valence-corrected chi connectivity index (χ3v) is 6.20. The molecule has 152 valence electrons. The maximum atomic E-state index is 12.6. The fourth-order valence-electron chi connectivity index (χ4n) is 2.69. The molecule has 1 aromatic heterocycles. The van der Waals surface area contributed by atoms with Crippen molar-refractivity contribution in [2.75, 3.05) is 11.9 Å². The molecule has 1 aromatic carbocycles. The molecule has 1 fully saturated rings. The Labute approximate surface area is 181 Å². The number of hydrogen-bond donors (Lipinski definition) is 3. The number of carbonyl (C=O) groups excluding carboxylic acids is 2. The first kappa shape index (κ1) is 21.3. The number of phenolic OH excluding ortho intramolecular Hbond substituents is 2. The average molecular weight is 450 g/mol. The van der Waals surface area contributed by atoms with Gasteiger partial charge in [0.2, 0.25) is 5.91 Å². The molecule has 2 aromatic rings. The molecule has 3 N–H and O–H groups in total. The molecule has 2 amide bonds. The first-order valence-corrected chi connectivity index (χ1v) is 11.0.